The maximum atomic E-state index is 11.6. The summed E-state index contributed by atoms with van der Waals surface area (Å²) in [5.74, 6) is 5.31. The molecule has 2 aromatic heterocycles. The van der Waals surface area contributed by atoms with Gasteiger partial charge in [0.2, 0.25) is 0 Å². The first-order valence-corrected chi connectivity index (χ1v) is 5.97. The van der Waals surface area contributed by atoms with Crippen LogP contribution in [0.15, 0.2) is 36.9 Å². The van der Waals surface area contributed by atoms with Crippen LogP contribution in [0.1, 0.15) is 28.4 Å². The van der Waals surface area contributed by atoms with E-state index < -0.39 is 5.97 Å². The summed E-state index contributed by atoms with van der Waals surface area (Å²) >= 11 is 0. The summed E-state index contributed by atoms with van der Waals surface area (Å²) in [5.41, 5.74) is 1.51. The quantitative estimate of drug-likeness (QED) is 0.663. The Kier molecular flexibility index (Phi) is 4.30. The molecule has 5 nitrogen and oxygen atoms in total. The Balaban J connectivity index is 2.23. The number of aromatic hydroxyl groups is 1. The Bertz CT molecular complexity index is 687. The third-order valence-corrected chi connectivity index (χ3v) is 2.32. The first-order chi connectivity index (χ1) is 9.69. The van der Waals surface area contributed by atoms with Crippen LogP contribution in [0.5, 0.6) is 5.75 Å². The standard InChI is InChI=1S/C15H12N2O3/c1-2-20-15(19)13-5-11(7-16-9-13)3-4-12-6-14(18)10-17-8-12/h5-10,18H,2H2,1H3. The molecule has 0 saturated heterocycles. The summed E-state index contributed by atoms with van der Waals surface area (Å²) in [5, 5.41) is 9.28. The van der Waals surface area contributed by atoms with Crippen molar-refractivity contribution >= 4 is 5.97 Å². The molecular weight excluding hydrogens is 256 g/mol. The molecule has 100 valence electrons. The third-order valence-electron chi connectivity index (χ3n) is 2.32. The highest BCUT2D eigenvalue weighted by Gasteiger charge is 2.06. The molecule has 0 unspecified atom stereocenters. The molecule has 2 heterocycles. The van der Waals surface area contributed by atoms with Crippen LogP contribution in [0.4, 0.5) is 0 Å². The van der Waals surface area contributed by atoms with E-state index in [1.165, 1.54) is 24.7 Å². The van der Waals surface area contributed by atoms with Gasteiger partial charge in [-0.25, -0.2) is 4.79 Å². The van der Waals surface area contributed by atoms with Crippen molar-refractivity contribution in [3.63, 3.8) is 0 Å². The molecule has 2 aromatic rings. The fraction of sp³-hybridized carbons (Fsp3) is 0.133. The predicted molar refractivity (Wildman–Crippen MR) is 72.1 cm³/mol. The number of ether oxygens (including phenoxy) is 1. The molecule has 20 heavy (non-hydrogen) atoms. The average molecular weight is 268 g/mol. The number of rotatable bonds is 2. The van der Waals surface area contributed by atoms with Crippen molar-refractivity contribution in [1.82, 2.24) is 9.97 Å². The van der Waals surface area contributed by atoms with E-state index >= 15 is 0 Å². The number of nitrogens with zero attached hydrogens (tertiary/aromatic N) is 2. The van der Waals surface area contributed by atoms with E-state index in [9.17, 15) is 9.90 Å². The van der Waals surface area contributed by atoms with Gasteiger partial charge >= 0.3 is 5.97 Å². The largest absolute Gasteiger partial charge is 0.506 e. The zero-order chi connectivity index (χ0) is 14.4. The lowest BCUT2D eigenvalue weighted by atomic mass is 10.2. The number of carbonyl (C=O) groups is 1. The Morgan fingerprint density at radius 1 is 1.15 bits per heavy atom. The summed E-state index contributed by atoms with van der Waals surface area (Å²) in [7, 11) is 0. The fourth-order valence-corrected chi connectivity index (χ4v) is 1.47. The van der Waals surface area contributed by atoms with Crippen LogP contribution in [0.25, 0.3) is 0 Å². The molecule has 5 heteroatoms. The topological polar surface area (TPSA) is 72.3 Å². The summed E-state index contributed by atoms with van der Waals surface area (Å²) in [6.07, 6.45) is 5.84. The summed E-state index contributed by atoms with van der Waals surface area (Å²) in [4.78, 5) is 19.3. The Labute approximate surface area is 116 Å². The van der Waals surface area contributed by atoms with E-state index in [1.807, 2.05) is 0 Å². The van der Waals surface area contributed by atoms with Crippen molar-refractivity contribution in [2.75, 3.05) is 6.61 Å². The van der Waals surface area contributed by atoms with Gasteiger partial charge in [-0.15, -0.1) is 0 Å². The van der Waals surface area contributed by atoms with Gasteiger partial charge in [0.1, 0.15) is 5.75 Å². The van der Waals surface area contributed by atoms with Crippen molar-refractivity contribution in [3.05, 3.63) is 53.6 Å². The minimum atomic E-state index is -0.428. The van der Waals surface area contributed by atoms with Gasteiger partial charge < -0.3 is 9.84 Å². The maximum absolute atomic E-state index is 11.6. The van der Waals surface area contributed by atoms with Crippen LogP contribution < -0.4 is 0 Å². The predicted octanol–water partition coefficient (Wildman–Crippen LogP) is 1.76. The number of hydrogen-bond donors (Lipinski definition) is 1. The minimum Gasteiger partial charge on any atom is -0.506 e. The molecule has 1 N–H and O–H groups in total. The normalized spacial score (nSPS) is 9.45. The molecule has 0 aliphatic rings. The second kappa shape index (κ2) is 6.34. The van der Waals surface area contributed by atoms with Crippen molar-refractivity contribution in [2.24, 2.45) is 0 Å². The van der Waals surface area contributed by atoms with Crippen LogP contribution in [-0.2, 0) is 4.74 Å². The van der Waals surface area contributed by atoms with Crippen LogP contribution in [0, 0.1) is 11.8 Å². The van der Waals surface area contributed by atoms with Crippen molar-refractivity contribution in [3.8, 4) is 17.6 Å². The second-order valence-corrected chi connectivity index (χ2v) is 3.86. The van der Waals surface area contributed by atoms with Gasteiger partial charge in [-0.05, 0) is 19.1 Å². The van der Waals surface area contributed by atoms with Gasteiger partial charge in [0.05, 0.1) is 18.4 Å². The maximum Gasteiger partial charge on any atom is 0.339 e. The highest BCUT2D eigenvalue weighted by molar-refractivity contribution is 5.89. The lowest BCUT2D eigenvalue weighted by Crippen LogP contribution is -2.05. The van der Waals surface area contributed by atoms with Crippen molar-refractivity contribution < 1.29 is 14.6 Å². The summed E-state index contributed by atoms with van der Waals surface area (Å²) in [6.45, 7) is 2.05. The van der Waals surface area contributed by atoms with Crippen LogP contribution in [0.3, 0.4) is 0 Å². The Morgan fingerprint density at radius 2 is 1.80 bits per heavy atom. The smallest absolute Gasteiger partial charge is 0.339 e. The van der Waals surface area contributed by atoms with Crippen LogP contribution in [0.2, 0.25) is 0 Å². The molecule has 0 radical (unpaired) electrons. The van der Waals surface area contributed by atoms with Gasteiger partial charge in [0.25, 0.3) is 0 Å². The van der Waals surface area contributed by atoms with Crippen LogP contribution in [-0.4, -0.2) is 27.7 Å². The molecule has 0 aromatic carbocycles. The molecule has 0 spiro atoms. The molecular formula is C15H12N2O3. The van der Waals surface area contributed by atoms with Gasteiger partial charge in [-0.3, -0.25) is 9.97 Å². The monoisotopic (exact) mass is 268 g/mol. The summed E-state index contributed by atoms with van der Waals surface area (Å²) < 4.78 is 4.89. The lowest BCUT2D eigenvalue weighted by molar-refractivity contribution is 0.0526. The fourth-order valence-electron chi connectivity index (χ4n) is 1.47. The van der Waals surface area contributed by atoms with E-state index in [1.54, 1.807) is 19.2 Å². The van der Waals surface area contributed by atoms with Crippen molar-refractivity contribution in [1.29, 1.82) is 0 Å². The average Bonchev–Trinajstić information content (AvgIpc) is 2.46. The van der Waals surface area contributed by atoms with Gasteiger partial charge in [-0.1, -0.05) is 11.8 Å². The first-order valence-electron chi connectivity index (χ1n) is 5.97. The second-order valence-electron chi connectivity index (χ2n) is 3.86. The molecule has 0 amide bonds. The zero-order valence-corrected chi connectivity index (χ0v) is 10.8. The number of pyridine rings is 2. The Morgan fingerprint density at radius 3 is 2.45 bits per heavy atom. The molecule has 0 fully saturated rings. The molecule has 0 aliphatic carbocycles. The SMILES string of the molecule is CCOC(=O)c1cncc(C#Cc2cncc(O)c2)c1. The van der Waals surface area contributed by atoms with E-state index in [4.69, 9.17) is 4.74 Å². The summed E-state index contributed by atoms with van der Waals surface area (Å²) in [6, 6.07) is 3.11. The highest BCUT2D eigenvalue weighted by Crippen LogP contribution is 2.08. The zero-order valence-electron chi connectivity index (χ0n) is 10.8. The third kappa shape index (κ3) is 3.56. The van der Waals surface area contributed by atoms with E-state index in [0.717, 1.165) is 0 Å². The molecule has 0 saturated carbocycles. The van der Waals surface area contributed by atoms with Gasteiger partial charge in [0.15, 0.2) is 0 Å². The molecule has 0 bridgehead atoms. The number of esters is 1. The molecule has 0 aliphatic heterocycles. The molecule has 2 rings (SSSR count). The first kappa shape index (κ1) is 13.6. The highest BCUT2D eigenvalue weighted by atomic mass is 16.5. The Hall–Kier alpha value is -2.87. The van der Waals surface area contributed by atoms with E-state index in [2.05, 4.69) is 21.8 Å². The molecule has 0 atom stereocenters. The number of hydrogen-bond acceptors (Lipinski definition) is 5. The number of aromatic nitrogens is 2. The number of carbonyl (C=O) groups excluding carboxylic acids is 1. The van der Waals surface area contributed by atoms with Gasteiger partial charge in [-0.2, -0.15) is 0 Å². The van der Waals surface area contributed by atoms with E-state index in [0.29, 0.717) is 23.3 Å². The van der Waals surface area contributed by atoms with E-state index in [-0.39, 0.29) is 5.75 Å². The minimum absolute atomic E-state index is 0.0511. The van der Waals surface area contributed by atoms with Gasteiger partial charge in [0, 0.05) is 29.7 Å². The van der Waals surface area contributed by atoms with Crippen LogP contribution >= 0.6 is 0 Å². The van der Waals surface area contributed by atoms with Crippen molar-refractivity contribution in [2.45, 2.75) is 6.92 Å². The lowest BCUT2D eigenvalue weighted by Gasteiger charge is -2.00.